The first-order chi connectivity index (χ1) is 8.22. The summed E-state index contributed by atoms with van der Waals surface area (Å²) in [7, 11) is 0. The van der Waals surface area contributed by atoms with E-state index >= 15 is 0 Å². The number of aryl methyl sites for hydroxylation is 1. The van der Waals surface area contributed by atoms with E-state index in [-0.39, 0.29) is 0 Å². The zero-order valence-electron chi connectivity index (χ0n) is 11.9. The van der Waals surface area contributed by atoms with Gasteiger partial charge in [-0.2, -0.15) is 0 Å². The highest BCUT2D eigenvalue weighted by atomic mass is 16.5. The molecule has 0 unspecified atom stereocenters. The Bertz CT molecular complexity index is 225. The molecule has 0 radical (unpaired) electrons. The van der Waals surface area contributed by atoms with E-state index in [0.717, 1.165) is 13.2 Å². The van der Waals surface area contributed by atoms with Crippen molar-refractivity contribution in [1.82, 2.24) is 0 Å². The fraction of sp³-hybridized carbons (Fsp3) is 0.500. The van der Waals surface area contributed by atoms with Gasteiger partial charge in [-0.1, -0.05) is 55.3 Å². The van der Waals surface area contributed by atoms with Gasteiger partial charge in [-0.15, -0.1) is 6.58 Å². The molecule has 1 aromatic rings. The second kappa shape index (κ2) is 17.3. The minimum absolute atomic E-state index is 0.861. The molecule has 0 N–H and O–H groups in total. The zero-order valence-corrected chi connectivity index (χ0v) is 11.9. The van der Waals surface area contributed by atoms with Gasteiger partial charge in [0.25, 0.3) is 0 Å². The van der Waals surface area contributed by atoms with Crippen molar-refractivity contribution in [3.05, 3.63) is 48.6 Å². The Hall–Kier alpha value is -1.08. The first kappa shape index (κ1) is 18.3. The first-order valence-electron chi connectivity index (χ1n) is 6.39. The van der Waals surface area contributed by atoms with Crippen molar-refractivity contribution in [3.63, 3.8) is 0 Å². The molecule has 0 aliphatic heterocycles. The molecule has 1 heteroatoms. The Morgan fingerprint density at radius 3 is 2.00 bits per heavy atom. The summed E-state index contributed by atoms with van der Waals surface area (Å²) >= 11 is 0. The second-order valence-corrected chi connectivity index (χ2v) is 3.61. The molecular formula is C16H28O. The second-order valence-electron chi connectivity index (χ2n) is 3.61. The smallest absolute Gasteiger partial charge is 0.0465 e. The Kier molecular flexibility index (Phi) is 18.6. The lowest BCUT2D eigenvalue weighted by atomic mass is 10.2. The van der Waals surface area contributed by atoms with E-state index in [0.29, 0.717) is 0 Å². The number of ether oxygens (including phenoxy) is 1. The van der Waals surface area contributed by atoms with Crippen LogP contribution in [0.25, 0.3) is 0 Å². The van der Waals surface area contributed by atoms with E-state index in [1.807, 2.05) is 32.0 Å². The number of unbranched alkanes of at least 4 members (excludes halogenated alkanes) is 1. The Morgan fingerprint density at radius 1 is 1.18 bits per heavy atom. The maximum atomic E-state index is 5.07. The van der Waals surface area contributed by atoms with Crippen LogP contribution in [0.1, 0.15) is 39.2 Å². The average Bonchev–Trinajstić information content (AvgIpc) is 2.33. The fourth-order valence-electron chi connectivity index (χ4n) is 0.925. The lowest BCUT2D eigenvalue weighted by Gasteiger charge is -1.94. The number of hydrogen-bond donors (Lipinski definition) is 0. The molecule has 0 saturated carbocycles. The molecule has 0 aliphatic rings. The zero-order chi connectivity index (χ0) is 13.4. The molecule has 0 atom stereocenters. The molecular weight excluding hydrogens is 208 g/mol. The molecule has 98 valence electrons. The van der Waals surface area contributed by atoms with Gasteiger partial charge in [-0.3, -0.25) is 0 Å². The molecule has 0 spiro atoms. The topological polar surface area (TPSA) is 9.23 Å². The van der Waals surface area contributed by atoms with Crippen LogP contribution < -0.4 is 0 Å². The van der Waals surface area contributed by atoms with Crippen LogP contribution in [0.15, 0.2) is 43.0 Å². The average molecular weight is 236 g/mol. The predicted octanol–water partition coefficient (Wildman–Crippen LogP) is 5.01. The minimum Gasteiger partial charge on any atom is -0.382 e. The normalized spacial score (nSPS) is 8.24. The maximum absolute atomic E-state index is 5.07. The summed E-state index contributed by atoms with van der Waals surface area (Å²) < 4.78 is 5.07. The first-order valence-corrected chi connectivity index (χ1v) is 6.39. The Morgan fingerprint density at radius 2 is 1.71 bits per heavy atom. The quantitative estimate of drug-likeness (QED) is 0.527. The van der Waals surface area contributed by atoms with E-state index in [2.05, 4.69) is 32.6 Å². The number of hydrogen-bond acceptors (Lipinski definition) is 1. The highest BCUT2D eigenvalue weighted by Crippen LogP contribution is 1.92. The molecule has 0 aliphatic carbocycles. The van der Waals surface area contributed by atoms with Crippen LogP contribution in [-0.2, 0) is 4.74 Å². The van der Waals surface area contributed by atoms with Crippen LogP contribution in [-0.4, -0.2) is 13.2 Å². The third-order valence-corrected chi connectivity index (χ3v) is 1.79. The highest BCUT2D eigenvalue weighted by Gasteiger charge is 1.78. The largest absolute Gasteiger partial charge is 0.382 e. The number of benzene rings is 1. The van der Waals surface area contributed by atoms with Crippen molar-refractivity contribution in [2.75, 3.05) is 13.2 Å². The van der Waals surface area contributed by atoms with E-state index in [9.17, 15) is 0 Å². The SMILES string of the molecule is C=CC.CCCCOCC.Cc1ccccc1. The summed E-state index contributed by atoms with van der Waals surface area (Å²) in [4.78, 5) is 0. The molecule has 0 bridgehead atoms. The molecule has 0 saturated heterocycles. The third-order valence-electron chi connectivity index (χ3n) is 1.79. The summed E-state index contributed by atoms with van der Waals surface area (Å²) in [6.45, 7) is 13.3. The van der Waals surface area contributed by atoms with Crippen molar-refractivity contribution in [3.8, 4) is 0 Å². The highest BCUT2D eigenvalue weighted by molar-refractivity contribution is 5.11. The van der Waals surface area contributed by atoms with Crippen molar-refractivity contribution in [2.45, 2.75) is 40.5 Å². The number of allylic oxidation sites excluding steroid dienone is 1. The van der Waals surface area contributed by atoms with Crippen molar-refractivity contribution < 1.29 is 4.74 Å². The van der Waals surface area contributed by atoms with Gasteiger partial charge in [0.2, 0.25) is 0 Å². The van der Waals surface area contributed by atoms with Gasteiger partial charge in [-0.25, -0.2) is 0 Å². The van der Waals surface area contributed by atoms with Gasteiger partial charge < -0.3 is 4.74 Å². The standard InChI is InChI=1S/C7H8.C6H14O.C3H6/c1-7-5-3-2-4-6-7;1-3-5-6-7-4-2;1-3-2/h2-6H,1H3;3-6H2,1-2H3;3H,1H2,2H3. The van der Waals surface area contributed by atoms with Gasteiger partial charge in [0.05, 0.1) is 0 Å². The molecule has 1 aromatic carbocycles. The van der Waals surface area contributed by atoms with Crippen LogP contribution in [0, 0.1) is 6.92 Å². The van der Waals surface area contributed by atoms with Gasteiger partial charge in [0.1, 0.15) is 0 Å². The molecule has 0 fully saturated rings. The summed E-state index contributed by atoms with van der Waals surface area (Å²) in [6.07, 6.45) is 4.19. The van der Waals surface area contributed by atoms with Crippen LogP contribution in [0.2, 0.25) is 0 Å². The van der Waals surface area contributed by atoms with E-state index in [1.165, 1.54) is 18.4 Å². The molecule has 0 heterocycles. The molecule has 0 amide bonds. The summed E-state index contributed by atoms with van der Waals surface area (Å²) in [6, 6.07) is 10.3. The molecule has 1 nitrogen and oxygen atoms in total. The fourth-order valence-corrected chi connectivity index (χ4v) is 0.925. The van der Waals surface area contributed by atoms with E-state index in [4.69, 9.17) is 4.74 Å². The Labute approximate surface area is 108 Å². The summed E-state index contributed by atoms with van der Waals surface area (Å²) in [5.74, 6) is 0. The van der Waals surface area contributed by atoms with Gasteiger partial charge in [0.15, 0.2) is 0 Å². The monoisotopic (exact) mass is 236 g/mol. The van der Waals surface area contributed by atoms with Gasteiger partial charge in [0, 0.05) is 13.2 Å². The lowest BCUT2D eigenvalue weighted by molar-refractivity contribution is 0.144. The van der Waals surface area contributed by atoms with Crippen molar-refractivity contribution in [1.29, 1.82) is 0 Å². The minimum atomic E-state index is 0.861. The van der Waals surface area contributed by atoms with Gasteiger partial charge >= 0.3 is 0 Å². The van der Waals surface area contributed by atoms with E-state index in [1.54, 1.807) is 6.08 Å². The van der Waals surface area contributed by atoms with Crippen molar-refractivity contribution >= 4 is 0 Å². The van der Waals surface area contributed by atoms with Crippen LogP contribution in [0.4, 0.5) is 0 Å². The number of rotatable bonds is 4. The summed E-state index contributed by atoms with van der Waals surface area (Å²) in [5, 5.41) is 0. The van der Waals surface area contributed by atoms with Gasteiger partial charge in [-0.05, 0) is 27.2 Å². The summed E-state index contributed by atoms with van der Waals surface area (Å²) in [5.41, 5.74) is 1.32. The predicted molar refractivity (Wildman–Crippen MR) is 78.5 cm³/mol. The molecule has 1 rings (SSSR count). The van der Waals surface area contributed by atoms with Crippen molar-refractivity contribution in [2.24, 2.45) is 0 Å². The van der Waals surface area contributed by atoms with Crippen LogP contribution in [0.3, 0.4) is 0 Å². The lowest BCUT2D eigenvalue weighted by Crippen LogP contribution is -1.90. The maximum Gasteiger partial charge on any atom is 0.0465 e. The molecule has 17 heavy (non-hydrogen) atoms. The molecule has 0 aromatic heterocycles. The Balaban J connectivity index is 0. The van der Waals surface area contributed by atoms with Crippen LogP contribution >= 0.6 is 0 Å². The van der Waals surface area contributed by atoms with E-state index < -0.39 is 0 Å². The van der Waals surface area contributed by atoms with Crippen LogP contribution in [0.5, 0.6) is 0 Å². The third kappa shape index (κ3) is 20.9.